The molecule has 2 unspecified atom stereocenters. The van der Waals surface area contributed by atoms with Gasteiger partial charge in [-0.2, -0.15) is 5.06 Å². The highest BCUT2D eigenvalue weighted by atomic mass is 32.1. The van der Waals surface area contributed by atoms with Crippen LogP contribution in [0, 0.1) is 0 Å². The molecule has 0 bridgehead atoms. The summed E-state index contributed by atoms with van der Waals surface area (Å²) in [6, 6.07) is 12.2. The van der Waals surface area contributed by atoms with Gasteiger partial charge in [0.25, 0.3) is 0 Å². The monoisotopic (exact) mass is 560 g/mol. The number of carbonyl (C=O) groups is 1. The highest BCUT2D eigenvalue weighted by Crippen LogP contribution is 2.47. The average Bonchev–Trinajstić information content (AvgIpc) is 3.38. The molecule has 0 spiro atoms. The molecule has 14 heteroatoms. The molecule has 1 amide bonds. The van der Waals surface area contributed by atoms with Gasteiger partial charge < -0.3 is 35.1 Å². The lowest BCUT2D eigenvalue weighted by atomic mass is 10.2. The van der Waals surface area contributed by atoms with Crippen LogP contribution >= 0.6 is 11.3 Å². The van der Waals surface area contributed by atoms with E-state index in [1.54, 1.807) is 57.2 Å². The number of aromatic nitrogens is 1. The van der Waals surface area contributed by atoms with Crippen LogP contribution in [0.15, 0.2) is 42.5 Å². The van der Waals surface area contributed by atoms with Crippen molar-refractivity contribution in [2.24, 2.45) is 5.73 Å². The van der Waals surface area contributed by atoms with E-state index in [1.807, 2.05) is 6.07 Å². The summed E-state index contributed by atoms with van der Waals surface area (Å²) in [7, 11) is 4.53. The second-order valence-electron chi connectivity index (χ2n) is 9.42. The minimum Gasteiger partial charge on any atom is -0.493 e. The average molecular weight is 561 g/mol. The van der Waals surface area contributed by atoms with Crippen LogP contribution in [0.2, 0.25) is 0 Å². The van der Waals surface area contributed by atoms with E-state index < -0.39 is 23.9 Å². The third kappa shape index (κ3) is 5.45. The number of benzene rings is 2. The number of nitrogens with two attached hydrogens (primary N) is 2. The van der Waals surface area contributed by atoms with Crippen LogP contribution in [0.1, 0.15) is 31.9 Å². The van der Waals surface area contributed by atoms with Gasteiger partial charge in [-0.05, 0) is 32.9 Å². The van der Waals surface area contributed by atoms with Crippen LogP contribution in [0.3, 0.4) is 0 Å². The van der Waals surface area contributed by atoms with Crippen LogP contribution in [0.25, 0.3) is 0 Å². The third-order valence-corrected chi connectivity index (χ3v) is 6.57. The number of hydroxylamine groups is 1. The second-order valence-corrected chi connectivity index (χ2v) is 10.5. The maximum atomic E-state index is 12.6. The van der Waals surface area contributed by atoms with Crippen molar-refractivity contribution in [1.82, 2.24) is 9.88 Å². The first-order chi connectivity index (χ1) is 18.4. The van der Waals surface area contributed by atoms with Gasteiger partial charge in [0.1, 0.15) is 10.7 Å². The van der Waals surface area contributed by atoms with E-state index in [0.717, 1.165) is 16.2 Å². The molecule has 13 nitrogen and oxygen atoms in total. The molecule has 0 aliphatic carbocycles. The Morgan fingerprint density at radius 3 is 2.26 bits per heavy atom. The van der Waals surface area contributed by atoms with E-state index in [1.165, 1.54) is 26.4 Å². The van der Waals surface area contributed by atoms with Crippen molar-refractivity contribution in [1.29, 1.82) is 0 Å². The number of amides is 1. The fraction of sp³-hybridized carbons (Fsp3) is 0.360. The summed E-state index contributed by atoms with van der Waals surface area (Å²) in [5.74, 6) is -0.673. The predicted octanol–water partition coefficient (Wildman–Crippen LogP) is 4.31. The van der Waals surface area contributed by atoms with E-state index in [9.17, 15) is 9.90 Å². The molecule has 39 heavy (non-hydrogen) atoms. The molecule has 210 valence electrons. The van der Waals surface area contributed by atoms with Crippen molar-refractivity contribution in [2.75, 3.05) is 37.4 Å². The third-order valence-electron chi connectivity index (χ3n) is 5.55. The first-order valence-corrected chi connectivity index (χ1v) is 12.6. The highest BCUT2D eigenvalue weighted by molar-refractivity contribution is 7.16. The number of nitrogens with one attached hydrogen (secondary N) is 1. The van der Waals surface area contributed by atoms with E-state index >= 15 is 0 Å². The first-order valence-electron chi connectivity index (χ1n) is 11.8. The summed E-state index contributed by atoms with van der Waals surface area (Å²) in [4.78, 5) is 24.3. The Labute approximate surface area is 229 Å². The summed E-state index contributed by atoms with van der Waals surface area (Å²) in [6.07, 6.45) is -2.64. The largest absolute Gasteiger partial charge is 0.493 e. The van der Waals surface area contributed by atoms with E-state index in [-0.39, 0.29) is 5.82 Å². The molecular formula is C25H32N6O7S. The van der Waals surface area contributed by atoms with E-state index in [0.29, 0.717) is 38.6 Å². The molecule has 2 atom stereocenters. The Morgan fingerprint density at radius 1 is 1.13 bits per heavy atom. The molecule has 2 heterocycles. The van der Waals surface area contributed by atoms with Gasteiger partial charge in [-0.15, -0.1) is 0 Å². The lowest BCUT2D eigenvalue weighted by molar-refractivity contribution is -0.188. The molecular weight excluding hydrogens is 528 g/mol. The maximum absolute atomic E-state index is 12.6. The van der Waals surface area contributed by atoms with Gasteiger partial charge >= 0.3 is 12.1 Å². The molecule has 2 aromatic carbocycles. The first kappa shape index (κ1) is 28.0. The number of hydrogen-bond acceptors (Lipinski definition) is 12. The molecule has 3 aromatic rings. The zero-order valence-electron chi connectivity index (χ0n) is 22.4. The van der Waals surface area contributed by atoms with Gasteiger partial charge in [-0.1, -0.05) is 29.5 Å². The summed E-state index contributed by atoms with van der Waals surface area (Å²) in [5.41, 5.74) is 13.2. The number of methoxy groups -OCH3 is 3. The number of anilines is 4. The molecule has 1 aliphatic rings. The summed E-state index contributed by atoms with van der Waals surface area (Å²) in [6.45, 7) is 5.29. The Balaban J connectivity index is 1.74. The fourth-order valence-corrected chi connectivity index (χ4v) is 5.01. The van der Waals surface area contributed by atoms with Gasteiger partial charge in [0.05, 0.1) is 32.6 Å². The van der Waals surface area contributed by atoms with Crippen molar-refractivity contribution in [3.8, 4) is 17.2 Å². The number of carboxylic acid groups (broad SMARTS) is 1. The van der Waals surface area contributed by atoms with E-state index in [4.69, 9.17) is 35.3 Å². The zero-order chi connectivity index (χ0) is 28.5. The summed E-state index contributed by atoms with van der Waals surface area (Å²) in [5, 5.41) is 15.0. The molecule has 0 radical (unpaired) electrons. The van der Waals surface area contributed by atoms with Gasteiger partial charge in [0.2, 0.25) is 12.0 Å². The Kier molecular flexibility index (Phi) is 7.66. The highest BCUT2D eigenvalue weighted by Gasteiger charge is 2.59. The number of nitrogens with zero attached hydrogens (tertiary/aromatic N) is 3. The maximum Gasteiger partial charge on any atom is 0.414 e. The zero-order valence-corrected chi connectivity index (χ0v) is 23.2. The normalized spacial score (nSPS) is 19.2. The SMILES string of the molecule is COc1cc(Nc2nc(N)c(C3ON(c4ccccc4)C(N)(OC(C)(C)C)N3C(=O)O)s2)cc(OC)c1OC. The predicted molar refractivity (Wildman–Crippen MR) is 146 cm³/mol. The van der Waals surface area contributed by atoms with Gasteiger partial charge in [-0.3, -0.25) is 5.73 Å². The molecule has 0 saturated carbocycles. The lowest BCUT2D eigenvalue weighted by Crippen LogP contribution is -2.66. The van der Waals surface area contributed by atoms with Gasteiger partial charge in [-0.25, -0.2) is 19.5 Å². The second kappa shape index (κ2) is 10.6. The Hall–Kier alpha value is -3.98. The number of thiazole rings is 1. The minimum atomic E-state index is -2.03. The fourth-order valence-electron chi connectivity index (χ4n) is 4.09. The van der Waals surface area contributed by atoms with Crippen LogP contribution in [0.5, 0.6) is 17.2 Å². The lowest BCUT2D eigenvalue weighted by Gasteiger charge is -2.41. The number of hydrogen-bond donors (Lipinski definition) is 4. The van der Waals surface area contributed by atoms with Crippen molar-refractivity contribution in [2.45, 2.75) is 38.6 Å². The van der Waals surface area contributed by atoms with Crippen LogP contribution in [-0.2, 0) is 9.57 Å². The van der Waals surface area contributed by atoms with E-state index in [2.05, 4.69) is 10.3 Å². The van der Waals surface area contributed by atoms with Crippen LogP contribution in [-0.4, -0.2) is 54.0 Å². The molecule has 1 aliphatic heterocycles. The Morgan fingerprint density at radius 2 is 1.74 bits per heavy atom. The number of nitrogen functional groups attached to an aromatic ring is 1. The standard InChI is InChI=1S/C25H32N6O7S/c1-24(2,3)38-25(27)30(23(32)33)21(37-31(25)15-10-8-7-9-11-15)19-20(26)29-22(39-19)28-14-12-16(34-4)18(36-6)17(13-14)35-5/h7-13,21H,26-27H2,1-6H3,(H,28,29)(H,32,33). The van der Waals surface area contributed by atoms with Crippen molar-refractivity contribution < 1.29 is 33.7 Å². The van der Waals surface area contributed by atoms with Gasteiger partial charge in [0.15, 0.2) is 16.6 Å². The van der Waals surface area contributed by atoms with Crippen molar-refractivity contribution >= 4 is 39.8 Å². The summed E-state index contributed by atoms with van der Waals surface area (Å²) >= 11 is 1.10. The molecule has 1 aromatic heterocycles. The van der Waals surface area contributed by atoms with Crippen LogP contribution < -0.4 is 36.1 Å². The quantitative estimate of drug-likeness (QED) is 0.289. The Bertz CT molecular complexity index is 1310. The molecule has 1 fully saturated rings. The molecule has 6 N–H and O–H groups in total. The summed E-state index contributed by atoms with van der Waals surface area (Å²) < 4.78 is 22.3. The molecule has 4 rings (SSSR count). The van der Waals surface area contributed by atoms with Gasteiger partial charge in [0, 0.05) is 17.8 Å². The van der Waals surface area contributed by atoms with Crippen LogP contribution in [0.4, 0.5) is 27.1 Å². The minimum absolute atomic E-state index is 0.0548. The number of ether oxygens (including phenoxy) is 4. The number of rotatable bonds is 8. The smallest absolute Gasteiger partial charge is 0.414 e. The van der Waals surface area contributed by atoms with Crippen molar-refractivity contribution in [3.63, 3.8) is 0 Å². The topological polar surface area (TPSA) is 167 Å². The molecule has 1 saturated heterocycles. The van der Waals surface area contributed by atoms with Crippen molar-refractivity contribution in [3.05, 3.63) is 47.3 Å². The number of para-hydroxylation sites is 1.